The Bertz CT molecular complexity index is 1340. The number of hydrogen-bond acceptors (Lipinski definition) is 2. The van der Waals surface area contributed by atoms with E-state index in [9.17, 15) is 9.59 Å². The van der Waals surface area contributed by atoms with E-state index in [1.54, 1.807) is 24.3 Å². The molecule has 0 spiro atoms. The van der Waals surface area contributed by atoms with Crippen LogP contribution in [0.5, 0.6) is 0 Å². The molecule has 0 heterocycles. The zero-order chi connectivity index (χ0) is 24.7. The van der Waals surface area contributed by atoms with Crippen molar-refractivity contribution < 1.29 is 9.59 Å². The van der Waals surface area contributed by atoms with Crippen molar-refractivity contribution in [2.24, 2.45) is 0 Å². The van der Waals surface area contributed by atoms with Gasteiger partial charge in [0.1, 0.15) is 0 Å². The first kappa shape index (κ1) is 22.8. The Hall–Kier alpha value is -4.96. The van der Waals surface area contributed by atoms with Crippen LogP contribution in [0.25, 0.3) is 22.3 Å². The smallest absolute Gasteiger partial charge is 0.255 e. The second-order valence-corrected chi connectivity index (χ2v) is 8.37. The van der Waals surface area contributed by atoms with Gasteiger partial charge in [-0.15, -0.1) is 0 Å². The van der Waals surface area contributed by atoms with Crippen LogP contribution in [-0.2, 0) is 0 Å². The van der Waals surface area contributed by atoms with E-state index in [1.807, 2.05) is 109 Å². The highest BCUT2D eigenvalue weighted by atomic mass is 16.2. The first-order chi connectivity index (χ1) is 17.7. The van der Waals surface area contributed by atoms with Gasteiger partial charge in [-0.1, -0.05) is 84.9 Å². The molecule has 0 aromatic heterocycles. The minimum absolute atomic E-state index is 0.190. The molecule has 4 nitrogen and oxygen atoms in total. The number of carbonyl (C=O) groups excluding carboxylic acids is 2. The predicted octanol–water partition coefficient (Wildman–Crippen LogP) is 7.53. The highest BCUT2D eigenvalue weighted by Crippen LogP contribution is 2.22. The zero-order valence-corrected chi connectivity index (χ0v) is 19.5. The lowest BCUT2D eigenvalue weighted by molar-refractivity contribution is 0.101. The van der Waals surface area contributed by atoms with Crippen LogP contribution in [0, 0.1) is 0 Å². The number of amides is 2. The van der Waals surface area contributed by atoms with Gasteiger partial charge >= 0.3 is 0 Å². The van der Waals surface area contributed by atoms with Crippen LogP contribution in [0.2, 0.25) is 0 Å². The summed E-state index contributed by atoms with van der Waals surface area (Å²) < 4.78 is 0. The molecule has 5 rings (SSSR count). The van der Waals surface area contributed by atoms with Gasteiger partial charge in [0.05, 0.1) is 0 Å². The third kappa shape index (κ3) is 5.40. The summed E-state index contributed by atoms with van der Waals surface area (Å²) in [4.78, 5) is 25.3. The van der Waals surface area contributed by atoms with Crippen LogP contribution in [0.4, 0.5) is 11.4 Å². The molecule has 174 valence electrons. The summed E-state index contributed by atoms with van der Waals surface area (Å²) in [7, 11) is 0. The molecular weight excluding hydrogens is 444 g/mol. The van der Waals surface area contributed by atoms with E-state index in [-0.39, 0.29) is 11.8 Å². The molecule has 0 aliphatic heterocycles. The fourth-order valence-corrected chi connectivity index (χ4v) is 3.93. The van der Waals surface area contributed by atoms with E-state index in [2.05, 4.69) is 10.6 Å². The molecule has 0 bridgehead atoms. The summed E-state index contributed by atoms with van der Waals surface area (Å²) in [6.45, 7) is 0. The lowest BCUT2D eigenvalue weighted by atomic mass is 10.0. The van der Waals surface area contributed by atoms with Crippen molar-refractivity contribution in [1.82, 2.24) is 0 Å². The monoisotopic (exact) mass is 468 g/mol. The van der Waals surface area contributed by atoms with E-state index in [1.165, 1.54) is 0 Å². The summed E-state index contributed by atoms with van der Waals surface area (Å²) >= 11 is 0. The van der Waals surface area contributed by atoms with Gasteiger partial charge in [0.25, 0.3) is 11.8 Å². The molecule has 36 heavy (non-hydrogen) atoms. The van der Waals surface area contributed by atoms with E-state index >= 15 is 0 Å². The standard InChI is InChI=1S/C32H24N2O2/c35-31(27-15-11-25(12-16-27)23-7-3-1-4-8-23)33-29-19-21-30(22-20-29)34-32(36)28-17-13-26(14-18-28)24-9-5-2-6-10-24/h1-22H,(H,33,35)(H,34,36). The fraction of sp³-hybridized carbons (Fsp3) is 0. The van der Waals surface area contributed by atoms with Crippen molar-refractivity contribution in [1.29, 1.82) is 0 Å². The first-order valence-corrected chi connectivity index (χ1v) is 11.7. The number of hydrogen-bond donors (Lipinski definition) is 2. The molecule has 0 saturated carbocycles. The number of nitrogens with one attached hydrogen (secondary N) is 2. The maximum Gasteiger partial charge on any atom is 0.255 e. The van der Waals surface area contributed by atoms with Crippen molar-refractivity contribution >= 4 is 23.2 Å². The lowest BCUT2D eigenvalue weighted by Gasteiger charge is -2.09. The van der Waals surface area contributed by atoms with Gasteiger partial charge in [-0.3, -0.25) is 9.59 Å². The van der Waals surface area contributed by atoms with Gasteiger partial charge in [-0.25, -0.2) is 0 Å². The third-order valence-electron chi connectivity index (χ3n) is 5.91. The Labute approximate surface area is 210 Å². The maximum atomic E-state index is 12.7. The van der Waals surface area contributed by atoms with Crippen LogP contribution in [0.1, 0.15) is 20.7 Å². The van der Waals surface area contributed by atoms with Crippen molar-refractivity contribution in [2.75, 3.05) is 10.6 Å². The summed E-state index contributed by atoms with van der Waals surface area (Å²) in [6, 6.07) is 42.2. The van der Waals surface area contributed by atoms with Gasteiger partial charge in [0.15, 0.2) is 0 Å². The molecule has 5 aromatic carbocycles. The van der Waals surface area contributed by atoms with Crippen molar-refractivity contribution in [3.63, 3.8) is 0 Å². The van der Waals surface area contributed by atoms with Gasteiger partial charge < -0.3 is 10.6 Å². The Kier molecular flexibility index (Phi) is 6.68. The number of benzene rings is 5. The van der Waals surface area contributed by atoms with E-state index in [0.29, 0.717) is 22.5 Å². The second kappa shape index (κ2) is 10.5. The Morgan fingerprint density at radius 3 is 1.00 bits per heavy atom. The van der Waals surface area contributed by atoms with Gasteiger partial charge in [-0.2, -0.15) is 0 Å². The molecule has 0 saturated heterocycles. The average molecular weight is 469 g/mol. The van der Waals surface area contributed by atoms with E-state index < -0.39 is 0 Å². The average Bonchev–Trinajstić information content (AvgIpc) is 2.95. The molecule has 5 aromatic rings. The van der Waals surface area contributed by atoms with Crippen LogP contribution < -0.4 is 10.6 Å². The van der Waals surface area contributed by atoms with Crippen molar-refractivity contribution in [3.8, 4) is 22.3 Å². The SMILES string of the molecule is O=C(Nc1ccc(NC(=O)c2ccc(-c3ccccc3)cc2)cc1)c1ccc(-c2ccccc2)cc1. The molecular formula is C32H24N2O2. The highest BCUT2D eigenvalue weighted by Gasteiger charge is 2.09. The molecule has 2 N–H and O–H groups in total. The minimum Gasteiger partial charge on any atom is -0.322 e. The van der Waals surface area contributed by atoms with E-state index in [4.69, 9.17) is 0 Å². The largest absolute Gasteiger partial charge is 0.322 e. The maximum absolute atomic E-state index is 12.7. The topological polar surface area (TPSA) is 58.2 Å². The Morgan fingerprint density at radius 1 is 0.361 bits per heavy atom. The molecule has 0 unspecified atom stereocenters. The molecule has 0 atom stereocenters. The van der Waals surface area contributed by atoms with Crippen molar-refractivity contribution in [2.45, 2.75) is 0 Å². The number of carbonyl (C=O) groups is 2. The highest BCUT2D eigenvalue weighted by molar-refractivity contribution is 6.06. The van der Waals surface area contributed by atoms with Crippen LogP contribution >= 0.6 is 0 Å². The lowest BCUT2D eigenvalue weighted by Crippen LogP contribution is -2.13. The second-order valence-electron chi connectivity index (χ2n) is 8.37. The van der Waals surface area contributed by atoms with Gasteiger partial charge in [0.2, 0.25) is 0 Å². The minimum atomic E-state index is -0.190. The van der Waals surface area contributed by atoms with Crippen molar-refractivity contribution in [3.05, 3.63) is 145 Å². The molecule has 2 amide bonds. The fourth-order valence-electron chi connectivity index (χ4n) is 3.93. The third-order valence-corrected chi connectivity index (χ3v) is 5.91. The number of rotatable bonds is 6. The normalized spacial score (nSPS) is 10.4. The molecule has 0 aliphatic carbocycles. The number of anilines is 2. The molecule has 0 aliphatic rings. The van der Waals surface area contributed by atoms with Crippen LogP contribution in [0.15, 0.2) is 133 Å². The Balaban J connectivity index is 1.19. The van der Waals surface area contributed by atoms with Crippen LogP contribution in [-0.4, -0.2) is 11.8 Å². The summed E-state index contributed by atoms with van der Waals surface area (Å²) in [5.74, 6) is -0.380. The van der Waals surface area contributed by atoms with Gasteiger partial charge in [-0.05, 0) is 70.8 Å². The predicted molar refractivity (Wildman–Crippen MR) is 146 cm³/mol. The van der Waals surface area contributed by atoms with Gasteiger partial charge in [0, 0.05) is 22.5 Å². The quantitative estimate of drug-likeness (QED) is 0.271. The molecule has 0 fully saturated rings. The van der Waals surface area contributed by atoms with E-state index in [0.717, 1.165) is 22.3 Å². The summed E-state index contributed by atoms with van der Waals surface area (Å²) in [6.07, 6.45) is 0. The molecule has 0 radical (unpaired) electrons. The van der Waals surface area contributed by atoms with Crippen LogP contribution in [0.3, 0.4) is 0 Å². The Morgan fingerprint density at radius 2 is 0.667 bits per heavy atom. The summed E-state index contributed by atoms with van der Waals surface area (Å²) in [5, 5.41) is 5.80. The molecule has 4 heteroatoms. The zero-order valence-electron chi connectivity index (χ0n) is 19.5. The summed E-state index contributed by atoms with van der Waals surface area (Å²) in [5.41, 5.74) is 6.78. The first-order valence-electron chi connectivity index (χ1n) is 11.7.